The summed E-state index contributed by atoms with van der Waals surface area (Å²) in [5.74, 6) is -1.01. The summed E-state index contributed by atoms with van der Waals surface area (Å²) in [7, 11) is 1.58. The predicted molar refractivity (Wildman–Crippen MR) is 84.5 cm³/mol. The van der Waals surface area contributed by atoms with Gasteiger partial charge >= 0.3 is 6.03 Å². The van der Waals surface area contributed by atoms with E-state index >= 15 is 0 Å². The van der Waals surface area contributed by atoms with Crippen molar-refractivity contribution < 1.29 is 14.4 Å². The van der Waals surface area contributed by atoms with Crippen LogP contribution < -0.4 is 4.90 Å². The summed E-state index contributed by atoms with van der Waals surface area (Å²) in [6.07, 6.45) is 2.96. The first-order valence-electron chi connectivity index (χ1n) is 7.27. The third-order valence-corrected chi connectivity index (χ3v) is 4.30. The van der Waals surface area contributed by atoms with Gasteiger partial charge in [-0.1, -0.05) is 0 Å². The maximum atomic E-state index is 12.4. The molecule has 0 aliphatic carbocycles. The number of carbonyl (C=O) groups is 3. The zero-order valence-electron chi connectivity index (χ0n) is 14.0. The molecule has 0 spiro atoms. The summed E-state index contributed by atoms with van der Waals surface area (Å²) in [6, 6.07) is -0.411. The molecule has 1 aliphatic heterocycles. The Morgan fingerprint density at radius 1 is 1.35 bits per heavy atom. The number of rotatable bonds is 5. The van der Waals surface area contributed by atoms with Crippen molar-refractivity contribution in [1.29, 1.82) is 5.41 Å². The van der Waals surface area contributed by atoms with Gasteiger partial charge in [0.1, 0.15) is 11.3 Å². The number of Topliss-reactive ketones (excluding diaryl/α,β-unsaturated/α-hetero) is 1. The smallest absolute Gasteiger partial charge is 0.313 e. The Hall–Kier alpha value is -2.51. The van der Waals surface area contributed by atoms with Crippen LogP contribution in [-0.2, 0) is 16.1 Å². The van der Waals surface area contributed by atoms with E-state index in [-0.39, 0.29) is 23.9 Å². The van der Waals surface area contributed by atoms with Gasteiger partial charge in [0.05, 0.1) is 24.3 Å². The maximum Gasteiger partial charge on any atom is 0.332 e. The molecular formula is C15H21N5O3. The molecule has 8 heteroatoms. The van der Waals surface area contributed by atoms with E-state index in [0.29, 0.717) is 5.69 Å². The average molecular weight is 319 g/mol. The molecule has 1 aliphatic rings. The summed E-state index contributed by atoms with van der Waals surface area (Å²) in [5.41, 5.74) is -0.293. The highest BCUT2D eigenvalue weighted by Gasteiger charge is 2.50. The molecule has 2 rings (SSSR count). The van der Waals surface area contributed by atoms with Crippen LogP contribution >= 0.6 is 0 Å². The van der Waals surface area contributed by atoms with Crippen LogP contribution in [0.1, 0.15) is 27.7 Å². The van der Waals surface area contributed by atoms with Crippen LogP contribution in [-0.4, -0.2) is 50.7 Å². The summed E-state index contributed by atoms with van der Waals surface area (Å²) < 4.78 is 1.48. The predicted octanol–water partition coefficient (Wildman–Crippen LogP) is 1.30. The van der Waals surface area contributed by atoms with Gasteiger partial charge in [-0.3, -0.25) is 14.3 Å². The van der Waals surface area contributed by atoms with E-state index in [9.17, 15) is 14.4 Å². The number of carbonyl (C=O) groups excluding carboxylic acids is 3. The fourth-order valence-electron chi connectivity index (χ4n) is 2.45. The van der Waals surface area contributed by atoms with Gasteiger partial charge in [0.25, 0.3) is 5.91 Å². The number of hydrogen-bond acceptors (Lipinski definition) is 5. The number of imide groups is 1. The lowest BCUT2D eigenvalue weighted by atomic mass is 10.0. The quantitative estimate of drug-likeness (QED) is 0.653. The van der Waals surface area contributed by atoms with Gasteiger partial charge in [0.2, 0.25) is 0 Å². The standard InChI is InChI=1S/C15H21N5O3/c1-9(16)12(10(2)21)8-19-7-11(6-17-19)20-13(22)15(3,4)18(5)14(20)23/h6-7,12,16H,8H2,1-5H3. The van der Waals surface area contributed by atoms with Crippen molar-refractivity contribution in [3.05, 3.63) is 12.4 Å². The second-order valence-corrected chi connectivity index (χ2v) is 6.31. The van der Waals surface area contributed by atoms with Gasteiger partial charge < -0.3 is 10.3 Å². The van der Waals surface area contributed by atoms with E-state index in [1.807, 2.05) is 0 Å². The molecule has 8 nitrogen and oxygen atoms in total. The summed E-state index contributed by atoms with van der Waals surface area (Å²) >= 11 is 0. The minimum Gasteiger partial charge on any atom is -0.313 e. The molecule has 1 N–H and O–H groups in total. The van der Waals surface area contributed by atoms with Gasteiger partial charge in [-0.15, -0.1) is 0 Å². The van der Waals surface area contributed by atoms with Crippen LogP contribution in [0.5, 0.6) is 0 Å². The molecule has 0 saturated carbocycles. The van der Waals surface area contributed by atoms with Crippen molar-refractivity contribution in [2.45, 2.75) is 39.8 Å². The fraction of sp³-hybridized carbons (Fsp3) is 0.533. The number of likely N-dealkylation sites (N-methyl/N-ethyl adjacent to an activating group) is 1. The number of aromatic nitrogens is 2. The molecule has 23 heavy (non-hydrogen) atoms. The largest absolute Gasteiger partial charge is 0.332 e. The molecule has 1 fully saturated rings. The van der Waals surface area contributed by atoms with E-state index in [0.717, 1.165) is 4.90 Å². The molecule has 0 bridgehead atoms. The van der Waals surface area contributed by atoms with E-state index in [1.54, 1.807) is 34.0 Å². The molecule has 0 aromatic carbocycles. The Morgan fingerprint density at radius 2 is 1.96 bits per heavy atom. The minimum atomic E-state index is -0.910. The van der Waals surface area contributed by atoms with Gasteiger partial charge in [-0.05, 0) is 27.7 Å². The Labute approximate surface area is 134 Å². The van der Waals surface area contributed by atoms with Crippen LogP contribution in [0.2, 0.25) is 0 Å². The van der Waals surface area contributed by atoms with Crippen LogP contribution in [0.15, 0.2) is 12.4 Å². The van der Waals surface area contributed by atoms with E-state index in [4.69, 9.17) is 5.41 Å². The second-order valence-electron chi connectivity index (χ2n) is 6.31. The number of nitrogens with zero attached hydrogens (tertiary/aromatic N) is 4. The Balaban J connectivity index is 2.26. The van der Waals surface area contributed by atoms with Crippen molar-refractivity contribution in [2.24, 2.45) is 5.92 Å². The molecule has 1 aromatic heterocycles. The van der Waals surface area contributed by atoms with Crippen molar-refractivity contribution in [3.8, 4) is 0 Å². The average Bonchev–Trinajstić information content (AvgIpc) is 2.96. The zero-order valence-corrected chi connectivity index (χ0v) is 14.0. The summed E-state index contributed by atoms with van der Waals surface area (Å²) in [6.45, 7) is 6.57. The third-order valence-electron chi connectivity index (χ3n) is 4.30. The number of anilines is 1. The molecule has 1 saturated heterocycles. The van der Waals surface area contributed by atoms with E-state index < -0.39 is 17.5 Å². The number of urea groups is 1. The van der Waals surface area contributed by atoms with Crippen molar-refractivity contribution in [2.75, 3.05) is 11.9 Å². The number of amides is 3. The molecule has 1 aromatic rings. The lowest BCUT2D eigenvalue weighted by Crippen LogP contribution is -2.41. The van der Waals surface area contributed by atoms with E-state index in [1.165, 1.54) is 22.7 Å². The highest BCUT2D eigenvalue weighted by atomic mass is 16.2. The maximum absolute atomic E-state index is 12.4. The topological polar surface area (TPSA) is 99.4 Å². The zero-order chi connectivity index (χ0) is 17.5. The molecular weight excluding hydrogens is 298 g/mol. The first-order chi connectivity index (χ1) is 10.6. The molecule has 0 radical (unpaired) electrons. The molecule has 124 valence electrons. The second kappa shape index (κ2) is 5.60. The fourth-order valence-corrected chi connectivity index (χ4v) is 2.45. The lowest BCUT2D eigenvalue weighted by molar-refractivity contribution is -0.123. The molecule has 2 heterocycles. The highest BCUT2D eigenvalue weighted by Crippen LogP contribution is 2.30. The Morgan fingerprint density at radius 3 is 2.39 bits per heavy atom. The summed E-state index contributed by atoms with van der Waals surface area (Å²) in [5, 5.41) is 11.8. The van der Waals surface area contributed by atoms with Crippen LogP contribution in [0, 0.1) is 11.3 Å². The van der Waals surface area contributed by atoms with Crippen LogP contribution in [0.25, 0.3) is 0 Å². The Bertz CT molecular complexity index is 677. The van der Waals surface area contributed by atoms with Crippen molar-refractivity contribution >= 4 is 29.1 Å². The monoisotopic (exact) mass is 319 g/mol. The minimum absolute atomic E-state index is 0.122. The van der Waals surface area contributed by atoms with Gasteiger partial charge in [0.15, 0.2) is 0 Å². The number of hydrogen-bond donors (Lipinski definition) is 1. The SMILES string of the molecule is CC(=N)C(Cn1cc(N2C(=O)N(C)C(C)(C)C2=O)cn1)C(C)=O. The molecule has 3 amide bonds. The highest BCUT2D eigenvalue weighted by molar-refractivity contribution is 6.22. The van der Waals surface area contributed by atoms with Crippen molar-refractivity contribution in [3.63, 3.8) is 0 Å². The lowest BCUT2D eigenvalue weighted by Gasteiger charge is -2.22. The van der Waals surface area contributed by atoms with Gasteiger partial charge in [0, 0.05) is 19.0 Å². The van der Waals surface area contributed by atoms with Gasteiger partial charge in [-0.25, -0.2) is 9.69 Å². The van der Waals surface area contributed by atoms with Crippen LogP contribution in [0.3, 0.4) is 0 Å². The first-order valence-corrected chi connectivity index (χ1v) is 7.27. The van der Waals surface area contributed by atoms with Crippen molar-refractivity contribution in [1.82, 2.24) is 14.7 Å². The molecule has 1 unspecified atom stereocenters. The normalized spacial score (nSPS) is 18.5. The number of ketones is 1. The Kier molecular flexibility index (Phi) is 4.10. The molecule has 1 atom stereocenters. The van der Waals surface area contributed by atoms with Gasteiger partial charge in [-0.2, -0.15) is 5.10 Å². The first kappa shape index (κ1) is 16.9. The summed E-state index contributed by atoms with van der Waals surface area (Å²) in [4.78, 5) is 38.8. The van der Waals surface area contributed by atoms with E-state index in [2.05, 4.69) is 5.10 Å². The third kappa shape index (κ3) is 2.76. The van der Waals surface area contributed by atoms with Crippen LogP contribution in [0.4, 0.5) is 10.5 Å². The number of nitrogens with one attached hydrogen (secondary N) is 1.